The number of rotatable bonds is 1. The van der Waals surface area contributed by atoms with Gasteiger partial charge in [-0.15, -0.1) is 0 Å². The minimum Gasteiger partial charge on any atom is -0.355 e. The van der Waals surface area contributed by atoms with Crippen molar-refractivity contribution in [2.24, 2.45) is 11.3 Å². The van der Waals surface area contributed by atoms with Crippen LogP contribution in [0.15, 0.2) is 0 Å². The predicted molar refractivity (Wildman–Crippen MR) is 43.5 cm³/mol. The lowest BCUT2D eigenvalue weighted by molar-refractivity contribution is -0.161. The molecule has 1 amide bonds. The fourth-order valence-electron chi connectivity index (χ4n) is 2.66. The van der Waals surface area contributed by atoms with Gasteiger partial charge in [0.15, 0.2) is 0 Å². The molecule has 5 heteroatoms. The van der Waals surface area contributed by atoms with Gasteiger partial charge in [-0.05, 0) is 24.7 Å². The van der Waals surface area contributed by atoms with Crippen LogP contribution in [-0.2, 0) is 4.79 Å². The van der Waals surface area contributed by atoms with Crippen molar-refractivity contribution in [3.63, 3.8) is 0 Å². The van der Waals surface area contributed by atoms with Crippen molar-refractivity contribution in [2.45, 2.75) is 31.9 Å². The zero-order chi connectivity index (χ0) is 10.4. The summed E-state index contributed by atoms with van der Waals surface area (Å²) in [6.45, 7) is 0.196. The van der Waals surface area contributed by atoms with Gasteiger partial charge < -0.3 is 5.32 Å². The summed E-state index contributed by atoms with van der Waals surface area (Å²) in [5.74, 6) is -0.244. The molecule has 2 unspecified atom stereocenters. The Hall–Kier alpha value is -0.740. The maximum Gasteiger partial charge on any atom is 0.389 e. The summed E-state index contributed by atoms with van der Waals surface area (Å²) < 4.78 is 36.8. The highest BCUT2D eigenvalue weighted by molar-refractivity contribution is 5.80. The number of fused-ring (bicyclic) bond motifs is 2. The van der Waals surface area contributed by atoms with Crippen LogP contribution in [0.5, 0.6) is 0 Å². The zero-order valence-electron chi connectivity index (χ0n) is 7.66. The Morgan fingerprint density at radius 3 is 2.86 bits per heavy atom. The molecule has 0 aromatic rings. The van der Waals surface area contributed by atoms with Gasteiger partial charge in [-0.25, -0.2) is 0 Å². The van der Waals surface area contributed by atoms with E-state index in [1.165, 1.54) is 0 Å². The first-order valence-electron chi connectivity index (χ1n) is 4.75. The van der Waals surface area contributed by atoms with Crippen LogP contribution < -0.4 is 5.32 Å². The highest BCUT2D eigenvalue weighted by atomic mass is 19.4. The molecule has 2 bridgehead atoms. The van der Waals surface area contributed by atoms with Crippen molar-refractivity contribution < 1.29 is 18.0 Å². The molecule has 14 heavy (non-hydrogen) atoms. The number of carbonyl (C=O) groups excluding carboxylic acids is 1. The average Bonchev–Trinajstić information content (AvgIpc) is 2.36. The number of hydrogen-bond donors (Lipinski definition) is 1. The second-order valence-electron chi connectivity index (χ2n) is 4.45. The van der Waals surface area contributed by atoms with Crippen molar-refractivity contribution in [2.75, 3.05) is 6.54 Å². The second-order valence-corrected chi connectivity index (χ2v) is 4.45. The van der Waals surface area contributed by atoms with Crippen LogP contribution in [-0.4, -0.2) is 18.6 Å². The number of alkyl halides is 3. The van der Waals surface area contributed by atoms with E-state index >= 15 is 0 Å². The molecule has 1 N–H and O–H groups in total. The third-order valence-corrected chi connectivity index (χ3v) is 3.29. The fourth-order valence-corrected chi connectivity index (χ4v) is 2.66. The van der Waals surface area contributed by atoms with Crippen LogP contribution >= 0.6 is 0 Å². The highest BCUT2D eigenvalue weighted by Crippen LogP contribution is 2.50. The van der Waals surface area contributed by atoms with Gasteiger partial charge in [-0.3, -0.25) is 4.79 Å². The van der Waals surface area contributed by atoms with E-state index in [-0.39, 0.29) is 18.4 Å². The normalized spacial score (nSPS) is 37.1. The SMILES string of the molecule is O=C1NCC2(CC(F)(F)F)CCC1C2. The molecule has 1 saturated heterocycles. The van der Waals surface area contributed by atoms with Gasteiger partial charge in [0.1, 0.15) is 0 Å². The molecule has 2 aliphatic rings. The average molecular weight is 207 g/mol. The number of nitrogens with one attached hydrogen (secondary N) is 1. The molecule has 2 rings (SSSR count). The van der Waals surface area contributed by atoms with Gasteiger partial charge in [0.25, 0.3) is 0 Å². The summed E-state index contributed by atoms with van der Waals surface area (Å²) in [6, 6.07) is 0. The van der Waals surface area contributed by atoms with E-state index in [2.05, 4.69) is 5.32 Å². The molecule has 0 radical (unpaired) electrons. The molecule has 2 atom stereocenters. The fraction of sp³-hybridized carbons (Fsp3) is 0.889. The lowest BCUT2D eigenvalue weighted by Crippen LogP contribution is -2.45. The van der Waals surface area contributed by atoms with Crippen molar-refractivity contribution >= 4 is 5.91 Å². The number of halogens is 3. The Morgan fingerprint density at radius 1 is 1.50 bits per heavy atom. The molecule has 80 valence electrons. The summed E-state index contributed by atoms with van der Waals surface area (Å²) in [5, 5.41) is 2.57. The third-order valence-electron chi connectivity index (χ3n) is 3.29. The van der Waals surface area contributed by atoms with Crippen molar-refractivity contribution in [3.05, 3.63) is 0 Å². The van der Waals surface area contributed by atoms with Crippen molar-refractivity contribution in [1.82, 2.24) is 5.32 Å². The maximum absolute atomic E-state index is 12.3. The predicted octanol–water partition coefficient (Wildman–Crippen LogP) is 1.86. The Morgan fingerprint density at radius 2 is 2.21 bits per heavy atom. The Balaban J connectivity index is 2.08. The topological polar surface area (TPSA) is 29.1 Å². The van der Waals surface area contributed by atoms with Crippen molar-refractivity contribution in [3.8, 4) is 0 Å². The standard InChI is InChI=1S/C9H12F3NO/c10-9(11,12)4-8-2-1-6(3-8)7(14)13-5-8/h6H,1-5H2,(H,13,14). The van der Waals surface area contributed by atoms with Crippen LogP contribution in [0.4, 0.5) is 13.2 Å². The first-order valence-corrected chi connectivity index (χ1v) is 4.75. The molecule has 1 heterocycles. The largest absolute Gasteiger partial charge is 0.389 e. The van der Waals surface area contributed by atoms with Gasteiger partial charge in [-0.1, -0.05) is 0 Å². The summed E-state index contributed by atoms with van der Waals surface area (Å²) >= 11 is 0. The molecule has 2 fully saturated rings. The van der Waals surface area contributed by atoms with Crippen LogP contribution in [0.3, 0.4) is 0 Å². The van der Waals surface area contributed by atoms with Crippen LogP contribution in [0.2, 0.25) is 0 Å². The van der Waals surface area contributed by atoms with Gasteiger partial charge in [0.2, 0.25) is 5.91 Å². The molecular formula is C9H12F3NO. The molecule has 0 aromatic heterocycles. The number of hydrogen-bond acceptors (Lipinski definition) is 1. The first-order chi connectivity index (χ1) is 6.40. The Labute approximate surface area is 79.9 Å². The summed E-state index contributed by atoms with van der Waals surface area (Å²) in [6.07, 6.45) is -3.32. The highest BCUT2D eigenvalue weighted by Gasteiger charge is 2.51. The number of amides is 1. The van der Waals surface area contributed by atoms with Crippen LogP contribution in [0.1, 0.15) is 25.7 Å². The monoisotopic (exact) mass is 207 g/mol. The molecule has 2 nitrogen and oxygen atoms in total. The quantitative estimate of drug-likeness (QED) is 0.698. The molecule has 0 aromatic carbocycles. The van der Waals surface area contributed by atoms with E-state index in [0.717, 1.165) is 0 Å². The first kappa shape index (κ1) is 9.80. The van der Waals surface area contributed by atoms with E-state index in [9.17, 15) is 18.0 Å². The Kier molecular flexibility index (Phi) is 2.01. The van der Waals surface area contributed by atoms with E-state index in [1.807, 2.05) is 0 Å². The van der Waals surface area contributed by atoms with Crippen LogP contribution in [0.25, 0.3) is 0 Å². The molecule has 1 aliphatic heterocycles. The van der Waals surface area contributed by atoms with E-state index < -0.39 is 18.0 Å². The molecule has 0 spiro atoms. The number of piperidine rings is 1. The molecular weight excluding hydrogens is 195 g/mol. The smallest absolute Gasteiger partial charge is 0.355 e. The summed E-state index contributed by atoms with van der Waals surface area (Å²) in [4.78, 5) is 11.2. The zero-order valence-corrected chi connectivity index (χ0v) is 7.66. The van der Waals surface area contributed by atoms with Crippen LogP contribution in [0, 0.1) is 11.3 Å². The third kappa shape index (κ3) is 1.72. The number of carbonyl (C=O) groups is 1. The summed E-state index contributed by atoms with van der Waals surface area (Å²) in [7, 11) is 0. The van der Waals surface area contributed by atoms with E-state index in [0.29, 0.717) is 19.3 Å². The lowest BCUT2D eigenvalue weighted by Gasteiger charge is -2.33. The molecule has 1 aliphatic carbocycles. The van der Waals surface area contributed by atoms with Crippen molar-refractivity contribution in [1.29, 1.82) is 0 Å². The van der Waals surface area contributed by atoms with E-state index in [4.69, 9.17) is 0 Å². The minimum atomic E-state index is -4.11. The lowest BCUT2D eigenvalue weighted by atomic mass is 9.79. The maximum atomic E-state index is 12.3. The Bertz CT molecular complexity index is 263. The molecule has 1 saturated carbocycles. The summed E-state index contributed by atoms with van der Waals surface area (Å²) in [5.41, 5.74) is -0.698. The minimum absolute atomic E-state index is 0.0692. The second kappa shape index (κ2) is 2.87. The van der Waals surface area contributed by atoms with Gasteiger partial charge >= 0.3 is 6.18 Å². The van der Waals surface area contributed by atoms with Gasteiger partial charge in [0.05, 0.1) is 6.42 Å². The van der Waals surface area contributed by atoms with E-state index in [1.54, 1.807) is 0 Å². The van der Waals surface area contributed by atoms with Gasteiger partial charge in [-0.2, -0.15) is 13.2 Å². The van der Waals surface area contributed by atoms with Gasteiger partial charge in [0, 0.05) is 12.5 Å².